The van der Waals surface area contributed by atoms with E-state index in [9.17, 15) is 9.59 Å². The van der Waals surface area contributed by atoms with E-state index in [1.54, 1.807) is 6.92 Å². The average Bonchev–Trinajstić information content (AvgIpc) is 2.48. The van der Waals surface area contributed by atoms with Crippen LogP contribution in [0.25, 0.3) is 0 Å². The molecule has 0 aromatic heterocycles. The number of ketones is 1. The average molecular weight is 184 g/mol. The van der Waals surface area contributed by atoms with Gasteiger partial charge in [0.25, 0.3) is 0 Å². The van der Waals surface area contributed by atoms with Gasteiger partial charge in [0.1, 0.15) is 11.2 Å². The fourth-order valence-corrected chi connectivity index (χ4v) is 1.93. The molecule has 0 bridgehead atoms. The van der Waals surface area contributed by atoms with Crippen molar-refractivity contribution in [3.8, 4) is 0 Å². The highest BCUT2D eigenvalue weighted by molar-refractivity contribution is 6.05. The Morgan fingerprint density at radius 1 is 1.54 bits per heavy atom. The maximum absolute atomic E-state index is 11.6. The van der Waals surface area contributed by atoms with Gasteiger partial charge in [-0.25, -0.2) is 0 Å². The first kappa shape index (κ1) is 10.2. The van der Waals surface area contributed by atoms with Gasteiger partial charge in [-0.1, -0.05) is 6.92 Å². The quantitative estimate of drug-likeness (QED) is 0.495. The minimum atomic E-state index is -0.796. The molecule has 0 radical (unpaired) electrons. The molecule has 0 aliphatic heterocycles. The van der Waals surface area contributed by atoms with Gasteiger partial charge in [-0.3, -0.25) is 9.59 Å². The first-order chi connectivity index (χ1) is 6.17. The zero-order valence-corrected chi connectivity index (χ0v) is 8.26. The van der Waals surface area contributed by atoms with E-state index in [2.05, 4.69) is 0 Å². The Hall–Kier alpha value is -0.860. The van der Waals surface area contributed by atoms with Crippen molar-refractivity contribution in [2.75, 3.05) is 6.61 Å². The van der Waals surface area contributed by atoms with E-state index in [-0.39, 0.29) is 11.8 Å². The van der Waals surface area contributed by atoms with Gasteiger partial charge >= 0.3 is 5.97 Å². The third-order valence-electron chi connectivity index (χ3n) is 2.81. The first-order valence-corrected chi connectivity index (χ1v) is 4.88. The van der Waals surface area contributed by atoms with Gasteiger partial charge in [0, 0.05) is 6.42 Å². The third kappa shape index (κ3) is 1.60. The maximum atomic E-state index is 11.6. The van der Waals surface area contributed by atoms with Gasteiger partial charge in [-0.15, -0.1) is 0 Å². The monoisotopic (exact) mass is 184 g/mol. The largest absolute Gasteiger partial charge is 0.465 e. The van der Waals surface area contributed by atoms with Crippen molar-refractivity contribution < 1.29 is 14.3 Å². The van der Waals surface area contributed by atoms with Crippen LogP contribution in [0.4, 0.5) is 0 Å². The predicted molar refractivity (Wildman–Crippen MR) is 48.2 cm³/mol. The molecule has 1 saturated carbocycles. The summed E-state index contributed by atoms with van der Waals surface area (Å²) >= 11 is 0. The molecule has 0 amide bonds. The third-order valence-corrected chi connectivity index (χ3v) is 2.81. The van der Waals surface area contributed by atoms with Crippen molar-refractivity contribution in [1.29, 1.82) is 0 Å². The molecule has 3 nitrogen and oxygen atoms in total. The van der Waals surface area contributed by atoms with Gasteiger partial charge in [0.15, 0.2) is 0 Å². The smallest absolute Gasteiger partial charge is 0.319 e. The maximum Gasteiger partial charge on any atom is 0.319 e. The van der Waals surface area contributed by atoms with Crippen LogP contribution in [0, 0.1) is 5.41 Å². The van der Waals surface area contributed by atoms with Crippen molar-refractivity contribution in [2.24, 2.45) is 5.41 Å². The molecule has 0 aromatic rings. The van der Waals surface area contributed by atoms with E-state index in [0.717, 1.165) is 6.42 Å². The van der Waals surface area contributed by atoms with Crippen LogP contribution >= 0.6 is 0 Å². The summed E-state index contributed by atoms with van der Waals surface area (Å²) in [5.74, 6) is -0.256. The fraction of sp³-hybridized carbons (Fsp3) is 0.800. The number of rotatable bonds is 3. The number of esters is 1. The molecule has 0 saturated heterocycles. The highest BCUT2D eigenvalue weighted by Crippen LogP contribution is 2.38. The van der Waals surface area contributed by atoms with E-state index in [1.807, 2.05) is 6.92 Å². The Kier molecular flexibility index (Phi) is 3.07. The van der Waals surface area contributed by atoms with E-state index in [1.165, 1.54) is 0 Å². The standard InChI is InChI=1S/C10H16O3/c1-3-10(9(12)13-4-2)7-5-6-8(10)11/h3-7H2,1-2H3/t10-/m0/s1. The van der Waals surface area contributed by atoms with E-state index < -0.39 is 5.41 Å². The summed E-state index contributed by atoms with van der Waals surface area (Å²) in [7, 11) is 0. The SMILES string of the molecule is CCOC(=O)[C@@]1(CC)CCCC1=O. The molecular formula is C10H16O3. The lowest BCUT2D eigenvalue weighted by Crippen LogP contribution is -2.36. The fourth-order valence-electron chi connectivity index (χ4n) is 1.93. The molecule has 0 aromatic carbocycles. The zero-order valence-electron chi connectivity index (χ0n) is 8.26. The molecule has 1 aliphatic carbocycles. The minimum absolute atomic E-state index is 0.0634. The second kappa shape index (κ2) is 3.90. The number of carbonyl (C=O) groups is 2. The van der Waals surface area contributed by atoms with Crippen LogP contribution in [0.15, 0.2) is 0 Å². The second-order valence-electron chi connectivity index (χ2n) is 3.43. The molecule has 0 spiro atoms. The van der Waals surface area contributed by atoms with Crippen molar-refractivity contribution in [2.45, 2.75) is 39.5 Å². The van der Waals surface area contributed by atoms with Crippen LogP contribution in [0.5, 0.6) is 0 Å². The molecule has 1 atom stereocenters. The highest BCUT2D eigenvalue weighted by atomic mass is 16.5. The summed E-state index contributed by atoms with van der Waals surface area (Å²) in [6.07, 6.45) is 2.60. The number of ether oxygens (including phenoxy) is 1. The van der Waals surface area contributed by atoms with Crippen molar-refractivity contribution >= 4 is 11.8 Å². The number of hydrogen-bond acceptors (Lipinski definition) is 3. The van der Waals surface area contributed by atoms with Crippen molar-refractivity contribution in [3.63, 3.8) is 0 Å². The number of Topliss-reactive ketones (excluding diaryl/α,β-unsaturated/α-hetero) is 1. The van der Waals surface area contributed by atoms with Gasteiger partial charge < -0.3 is 4.74 Å². The lowest BCUT2D eigenvalue weighted by atomic mass is 9.82. The van der Waals surface area contributed by atoms with Gasteiger partial charge in [0.2, 0.25) is 0 Å². The summed E-state index contributed by atoms with van der Waals surface area (Å²) in [5, 5.41) is 0. The molecule has 0 heterocycles. The zero-order chi connectivity index (χ0) is 9.90. The van der Waals surface area contributed by atoms with Crippen LogP contribution in [0.2, 0.25) is 0 Å². The summed E-state index contributed by atoms with van der Waals surface area (Å²) in [6, 6.07) is 0. The van der Waals surface area contributed by atoms with Crippen LogP contribution in [0.1, 0.15) is 39.5 Å². The van der Waals surface area contributed by atoms with Gasteiger partial charge in [-0.05, 0) is 26.2 Å². The molecule has 74 valence electrons. The molecule has 1 rings (SSSR count). The summed E-state index contributed by atoms with van der Waals surface area (Å²) < 4.78 is 4.93. The Morgan fingerprint density at radius 2 is 2.23 bits per heavy atom. The summed E-state index contributed by atoms with van der Waals surface area (Å²) in [6.45, 7) is 3.99. The lowest BCUT2D eigenvalue weighted by molar-refractivity contribution is -0.158. The normalized spacial score (nSPS) is 27.7. The molecule has 3 heteroatoms. The van der Waals surface area contributed by atoms with Crippen molar-refractivity contribution in [1.82, 2.24) is 0 Å². The molecule has 0 N–H and O–H groups in total. The Morgan fingerprint density at radius 3 is 2.62 bits per heavy atom. The first-order valence-electron chi connectivity index (χ1n) is 4.88. The Bertz CT molecular complexity index is 222. The number of hydrogen-bond donors (Lipinski definition) is 0. The second-order valence-corrected chi connectivity index (χ2v) is 3.43. The van der Waals surface area contributed by atoms with Gasteiger partial charge in [0.05, 0.1) is 6.61 Å². The van der Waals surface area contributed by atoms with Crippen LogP contribution < -0.4 is 0 Å². The summed E-state index contributed by atoms with van der Waals surface area (Å²) in [4.78, 5) is 23.1. The van der Waals surface area contributed by atoms with Crippen LogP contribution in [0.3, 0.4) is 0 Å². The van der Waals surface area contributed by atoms with Crippen LogP contribution in [-0.2, 0) is 14.3 Å². The topological polar surface area (TPSA) is 43.4 Å². The predicted octanol–water partition coefficient (Wildman–Crippen LogP) is 1.70. The molecule has 1 aliphatic rings. The van der Waals surface area contributed by atoms with Gasteiger partial charge in [-0.2, -0.15) is 0 Å². The molecule has 0 unspecified atom stereocenters. The van der Waals surface area contributed by atoms with E-state index in [0.29, 0.717) is 25.9 Å². The Labute approximate surface area is 78.5 Å². The lowest BCUT2D eigenvalue weighted by Gasteiger charge is -2.22. The van der Waals surface area contributed by atoms with Crippen LogP contribution in [-0.4, -0.2) is 18.4 Å². The number of carbonyl (C=O) groups excluding carboxylic acids is 2. The van der Waals surface area contributed by atoms with E-state index >= 15 is 0 Å². The minimum Gasteiger partial charge on any atom is -0.465 e. The summed E-state index contributed by atoms with van der Waals surface area (Å²) in [5.41, 5.74) is -0.796. The molecular weight excluding hydrogens is 168 g/mol. The molecule has 13 heavy (non-hydrogen) atoms. The molecule has 1 fully saturated rings. The van der Waals surface area contributed by atoms with Crippen molar-refractivity contribution in [3.05, 3.63) is 0 Å². The Balaban J connectivity index is 2.80. The highest BCUT2D eigenvalue weighted by Gasteiger charge is 2.48. The van der Waals surface area contributed by atoms with E-state index in [4.69, 9.17) is 4.74 Å².